The van der Waals surface area contributed by atoms with Crippen LogP contribution in [-0.4, -0.2) is 11.8 Å². The molecule has 4 nitrogen and oxygen atoms in total. The number of carbonyl (C=O) groups is 2. The summed E-state index contributed by atoms with van der Waals surface area (Å²) in [7, 11) is 0. The molecule has 0 spiro atoms. The van der Waals surface area contributed by atoms with Gasteiger partial charge in [0, 0.05) is 11.1 Å². The SMILES string of the molecule is C=C(CCCCCCCCCCCC)C(N)=O.C=C(CCCCCCCCCCCCCCCCCC)C(N)=O. The topological polar surface area (TPSA) is 86.2 Å². The van der Waals surface area contributed by atoms with Crippen LogP contribution >= 0.6 is 0 Å². The Labute approximate surface area is 250 Å². The minimum Gasteiger partial charge on any atom is -0.366 e. The number of hydrogen-bond acceptors (Lipinski definition) is 2. The van der Waals surface area contributed by atoms with Crippen LogP contribution in [0.25, 0.3) is 0 Å². The average molecular weight is 563 g/mol. The first kappa shape index (κ1) is 40.6. The Morgan fingerprint density at radius 1 is 0.375 bits per heavy atom. The molecule has 236 valence electrons. The molecule has 0 rings (SSSR count). The minimum atomic E-state index is -0.346. The van der Waals surface area contributed by atoms with Crippen molar-refractivity contribution in [3.63, 3.8) is 0 Å². The molecule has 0 saturated carbocycles. The molecule has 0 radical (unpaired) electrons. The summed E-state index contributed by atoms with van der Waals surface area (Å²) in [4.78, 5) is 21.5. The van der Waals surface area contributed by atoms with Gasteiger partial charge in [0.1, 0.15) is 0 Å². The predicted molar refractivity (Wildman–Crippen MR) is 177 cm³/mol. The van der Waals surface area contributed by atoms with Gasteiger partial charge in [0.15, 0.2) is 0 Å². The normalized spacial score (nSPS) is 10.7. The fraction of sp³-hybridized carbons (Fsp3) is 0.833. The summed E-state index contributed by atoms with van der Waals surface area (Å²) in [6.07, 6.45) is 36.5. The molecular weight excluding hydrogens is 492 g/mol. The molecule has 0 aliphatic heterocycles. The highest BCUT2D eigenvalue weighted by Gasteiger charge is 2.01. The first-order valence-electron chi connectivity index (χ1n) is 17.3. The lowest BCUT2D eigenvalue weighted by atomic mass is 10.0. The summed E-state index contributed by atoms with van der Waals surface area (Å²) in [5.74, 6) is -0.688. The van der Waals surface area contributed by atoms with E-state index in [0.29, 0.717) is 11.1 Å². The van der Waals surface area contributed by atoms with Gasteiger partial charge in [0.2, 0.25) is 11.8 Å². The number of primary amides is 2. The molecule has 0 aliphatic carbocycles. The third kappa shape index (κ3) is 34.4. The van der Waals surface area contributed by atoms with Crippen LogP contribution in [0.1, 0.15) is 194 Å². The molecule has 40 heavy (non-hydrogen) atoms. The van der Waals surface area contributed by atoms with Crippen LogP contribution in [-0.2, 0) is 9.59 Å². The molecule has 0 unspecified atom stereocenters. The van der Waals surface area contributed by atoms with E-state index in [1.165, 1.54) is 154 Å². The Hall–Kier alpha value is -1.58. The van der Waals surface area contributed by atoms with Crippen molar-refractivity contribution in [2.24, 2.45) is 11.5 Å². The van der Waals surface area contributed by atoms with Crippen molar-refractivity contribution in [1.29, 1.82) is 0 Å². The smallest absolute Gasteiger partial charge is 0.244 e. The molecule has 0 aromatic heterocycles. The maximum atomic E-state index is 10.8. The molecule has 0 aromatic rings. The van der Waals surface area contributed by atoms with Crippen LogP contribution in [0.4, 0.5) is 0 Å². The molecule has 0 heterocycles. The number of carbonyl (C=O) groups excluding carboxylic acids is 2. The van der Waals surface area contributed by atoms with E-state index < -0.39 is 0 Å². The third-order valence-corrected chi connectivity index (χ3v) is 7.86. The maximum absolute atomic E-state index is 10.8. The molecule has 0 aromatic carbocycles. The fourth-order valence-electron chi connectivity index (χ4n) is 4.96. The number of unbranched alkanes of at least 4 members (excludes halogenated alkanes) is 24. The van der Waals surface area contributed by atoms with Crippen molar-refractivity contribution in [2.45, 2.75) is 194 Å². The Morgan fingerprint density at radius 3 is 0.725 bits per heavy atom. The van der Waals surface area contributed by atoms with Crippen molar-refractivity contribution >= 4 is 11.8 Å². The quantitative estimate of drug-likeness (QED) is 0.0673. The molecule has 4 heteroatoms. The van der Waals surface area contributed by atoms with Crippen molar-refractivity contribution in [1.82, 2.24) is 0 Å². The van der Waals surface area contributed by atoms with E-state index in [9.17, 15) is 9.59 Å². The van der Waals surface area contributed by atoms with Gasteiger partial charge in [-0.3, -0.25) is 9.59 Å². The van der Waals surface area contributed by atoms with E-state index >= 15 is 0 Å². The lowest BCUT2D eigenvalue weighted by molar-refractivity contribution is -0.115. The van der Waals surface area contributed by atoms with Gasteiger partial charge in [0.25, 0.3) is 0 Å². The van der Waals surface area contributed by atoms with E-state index in [-0.39, 0.29) is 11.8 Å². The molecule has 0 saturated heterocycles. The molecule has 0 atom stereocenters. The summed E-state index contributed by atoms with van der Waals surface area (Å²) in [6.45, 7) is 11.9. The highest BCUT2D eigenvalue weighted by Crippen LogP contribution is 2.15. The minimum absolute atomic E-state index is 0.342. The Kier molecular flexibility index (Phi) is 34.1. The predicted octanol–water partition coefficient (Wildman–Crippen LogP) is 11.0. The lowest BCUT2D eigenvalue weighted by Crippen LogP contribution is -2.12. The first-order chi connectivity index (χ1) is 19.4. The Balaban J connectivity index is 0. The van der Waals surface area contributed by atoms with Crippen molar-refractivity contribution in [3.05, 3.63) is 24.3 Å². The molecule has 0 bridgehead atoms. The Bertz CT molecular complexity index is 600. The molecule has 0 aliphatic rings. The highest BCUT2D eigenvalue weighted by molar-refractivity contribution is 5.91. The fourth-order valence-corrected chi connectivity index (χ4v) is 4.96. The van der Waals surface area contributed by atoms with Crippen LogP contribution in [0.2, 0.25) is 0 Å². The standard InChI is InChI=1S/C21H41NO.C15H29NO/c1-3-4-5-6-7-8-9-10-11-12-13-14-15-16-17-18-19-20(2)21(22)23;1-3-4-5-6-7-8-9-10-11-12-13-14(2)15(16)17/h2-19H2,1H3,(H2,22,23);2-13H2,1H3,(H2,16,17). The van der Waals surface area contributed by atoms with Crippen molar-refractivity contribution in [2.75, 3.05) is 0 Å². The number of amides is 2. The van der Waals surface area contributed by atoms with Gasteiger partial charge in [-0.05, 0) is 25.7 Å². The van der Waals surface area contributed by atoms with Crippen LogP contribution in [0.15, 0.2) is 24.3 Å². The zero-order valence-corrected chi connectivity index (χ0v) is 27.2. The number of rotatable bonds is 30. The van der Waals surface area contributed by atoms with Gasteiger partial charge >= 0.3 is 0 Å². The zero-order chi connectivity index (χ0) is 30.1. The maximum Gasteiger partial charge on any atom is 0.244 e. The van der Waals surface area contributed by atoms with Gasteiger partial charge in [-0.1, -0.05) is 181 Å². The first-order valence-corrected chi connectivity index (χ1v) is 17.3. The van der Waals surface area contributed by atoms with E-state index in [4.69, 9.17) is 11.5 Å². The van der Waals surface area contributed by atoms with E-state index in [1.807, 2.05) is 0 Å². The molecular formula is C36H70N2O2. The van der Waals surface area contributed by atoms with Gasteiger partial charge < -0.3 is 11.5 Å². The summed E-state index contributed by atoms with van der Waals surface area (Å²) >= 11 is 0. The van der Waals surface area contributed by atoms with Crippen LogP contribution in [0.3, 0.4) is 0 Å². The average Bonchev–Trinajstić information content (AvgIpc) is 2.93. The summed E-state index contributed by atoms with van der Waals surface area (Å²) in [5, 5.41) is 0. The lowest BCUT2D eigenvalue weighted by Gasteiger charge is -2.04. The van der Waals surface area contributed by atoms with E-state index in [2.05, 4.69) is 27.0 Å². The van der Waals surface area contributed by atoms with E-state index in [1.54, 1.807) is 0 Å². The second-order valence-corrected chi connectivity index (χ2v) is 11.9. The van der Waals surface area contributed by atoms with Crippen molar-refractivity contribution < 1.29 is 9.59 Å². The molecule has 2 amide bonds. The summed E-state index contributed by atoms with van der Waals surface area (Å²) in [6, 6.07) is 0. The largest absolute Gasteiger partial charge is 0.366 e. The van der Waals surface area contributed by atoms with Gasteiger partial charge in [-0.25, -0.2) is 0 Å². The van der Waals surface area contributed by atoms with Crippen molar-refractivity contribution in [3.8, 4) is 0 Å². The van der Waals surface area contributed by atoms with Gasteiger partial charge in [0.05, 0.1) is 0 Å². The summed E-state index contributed by atoms with van der Waals surface area (Å²) in [5.41, 5.74) is 11.4. The van der Waals surface area contributed by atoms with Crippen LogP contribution in [0.5, 0.6) is 0 Å². The van der Waals surface area contributed by atoms with Gasteiger partial charge in [-0.15, -0.1) is 0 Å². The van der Waals surface area contributed by atoms with Crippen LogP contribution in [0, 0.1) is 0 Å². The second-order valence-electron chi connectivity index (χ2n) is 11.9. The highest BCUT2D eigenvalue weighted by atomic mass is 16.1. The molecule has 0 fully saturated rings. The molecule has 4 N–H and O–H groups in total. The van der Waals surface area contributed by atoms with Crippen LogP contribution < -0.4 is 11.5 Å². The zero-order valence-electron chi connectivity index (χ0n) is 27.2. The second kappa shape index (κ2) is 33.6. The third-order valence-electron chi connectivity index (χ3n) is 7.86. The summed E-state index contributed by atoms with van der Waals surface area (Å²) < 4.78 is 0. The number of hydrogen-bond donors (Lipinski definition) is 2. The Morgan fingerprint density at radius 2 is 0.550 bits per heavy atom. The van der Waals surface area contributed by atoms with Gasteiger partial charge in [-0.2, -0.15) is 0 Å². The monoisotopic (exact) mass is 563 g/mol. The number of nitrogens with two attached hydrogens (primary N) is 2. The van der Waals surface area contributed by atoms with E-state index in [0.717, 1.165) is 25.7 Å².